The Bertz CT molecular complexity index is 496. The Hall–Kier alpha value is -1.88. The van der Waals surface area contributed by atoms with Crippen LogP contribution in [-0.4, -0.2) is 12.1 Å². The molecule has 0 saturated heterocycles. The second-order valence-electron chi connectivity index (χ2n) is 3.15. The molecule has 2 aromatic rings. The van der Waals surface area contributed by atoms with Crippen molar-refractivity contribution in [3.05, 3.63) is 36.1 Å². The smallest absolute Gasteiger partial charge is 0.181 e. The molecule has 0 aliphatic carbocycles. The van der Waals surface area contributed by atoms with Gasteiger partial charge in [-0.3, -0.25) is 0 Å². The number of benzene rings is 1. The van der Waals surface area contributed by atoms with Crippen LogP contribution >= 0.6 is 0 Å². The molecule has 0 bridgehead atoms. The number of rotatable bonds is 3. The summed E-state index contributed by atoms with van der Waals surface area (Å²) in [5, 5.41) is 0. The van der Waals surface area contributed by atoms with Gasteiger partial charge in [0, 0.05) is 6.54 Å². The van der Waals surface area contributed by atoms with Gasteiger partial charge < -0.3 is 14.9 Å². The number of halogens is 1. The summed E-state index contributed by atoms with van der Waals surface area (Å²) in [7, 11) is 1.47. The van der Waals surface area contributed by atoms with Crippen LogP contribution in [0.1, 0.15) is 5.69 Å². The van der Waals surface area contributed by atoms with Crippen molar-refractivity contribution in [2.45, 2.75) is 6.54 Å². The molecular weight excluding hydrogens is 211 g/mol. The molecule has 84 valence electrons. The van der Waals surface area contributed by atoms with E-state index in [1.807, 2.05) is 0 Å². The van der Waals surface area contributed by atoms with E-state index in [4.69, 9.17) is 14.9 Å². The van der Waals surface area contributed by atoms with Gasteiger partial charge >= 0.3 is 0 Å². The van der Waals surface area contributed by atoms with Crippen LogP contribution in [0.3, 0.4) is 0 Å². The molecule has 0 aliphatic rings. The Kier molecular flexibility index (Phi) is 2.87. The number of oxazole rings is 1. The zero-order valence-electron chi connectivity index (χ0n) is 8.74. The lowest BCUT2D eigenvalue weighted by molar-refractivity contribution is 0.411. The maximum absolute atomic E-state index is 13.7. The highest BCUT2D eigenvalue weighted by molar-refractivity contribution is 5.68. The maximum Gasteiger partial charge on any atom is 0.181 e. The Labute approximate surface area is 91.9 Å². The number of nitrogens with two attached hydrogens (primary N) is 1. The van der Waals surface area contributed by atoms with Crippen LogP contribution in [0.4, 0.5) is 4.39 Å². The van der Waals surface area contributed by atoms with Crippen LogP contribution in [0, 0.1) is 5.82 Å². The van der Waals surface area contributed by atoms with E-state index in [1.54, 1.807) is 12.1 Å². The molecule has 16 heavy (non-hydrogen) atoms. The fourth-order valence-electron chi connectivity index (χ4n) is 1.51. The first-order valence-corrected chi connectivity index (χ1v) is 4.73. The highest BCUT2D eigenvalue weighted by Gasteiger charge is 2.18. The van der Waals surface area contributed by atoms with Gasteiger partial charge in [0.15, 0.2) is 12.2 Å². The van der Waals surface area contributed by atoms with Crippen LogP contribution in [0.25, 0.3) is 11.3 Å². The highest BCUT2D eigenvalue weighted by Crippen LogP contribution is 2.34. The van der Waals surface area contributed by atoms with Crippen molar-refractivity contribution < 1.29 is 13.5 Å². The molecule has 0 spiro atoms. The van der Waals surface area contributed by atoms with Gasteiger partial charge in [0.1, 0.15) is 17.3 Å². The standard InChI is InChI=1S/C11H11FN2O2/c1-15-9-4-2-3-7(12)10(9)11-8(5-13)14-6-16-11/h2-4,6H,5,13H2,1H3. The van der Waals surface area contributed by atoms with Gasteiger partial charge in [-0.15, -0.1) is 0 Å². The fourth-order valence-corrected chi connectivity index (χ4v) is 1.51. The summed E-state index contributed by atoms with van der Waals surface area (Å²) in [5.41, 5.74) is 6.24. The molecule has 0 aliphatic heterocycles. The van der Waals surface area contributed by atoms with Crippen molar-refractivity contribution in [1.29, 1.82) is 0 Å². The predicted molar refractivity (Wildman–Crippen MR) is 56.3 cm³/mol. The van der Waals surface area contributed by atoms with E-state index in [0.29, 0.717) is 17.2 Å². The van der Waals surface area contributed by atoms with Crippen molar-refractivity contribution >= 4 is 0 Å². The van der Waals surface area contributed by atoms with Crippen molar-refractivity contribution in [2.24, 2.45) is 5.73 Å². The first kappa shape index (κ1) is 10.6. The molecule has 1 aromatic carbocycles. The summed E-state index contributed by atoms with van der Waals surface area (Å²) < 4.78 is 23.9. The van der Waals surface area contributed by atoms with Gasteiger partial charge in [-0.05, 0) is 12.1 Å². The van der Waals surface area contributed by atoms with Crippen molar-refractivity contribution in [2.75, 3.05) is 7.11 Å². The second-order valence-corrected chi connectivity index (χ2v) is 3.15. The van der Waals surface area contributed by atoms with E-state index in [9.17, 15) is 4.39 Å². The summed E-state index contributed by atoms with van der Waals surface area (Å²) >= 11 is 0. The average Bonchev–Trinajstić information content (AvgIpc) is 2.76. The van der Waals surface area contributed by atoms with Crippen LogP contribution < -0.4 is 10.5 Å². The number of aromatic nitrogens is 1. The number of hydrogen-bond donors (Lipinski definition) is 1. The molecule has 1 aromatic heterocycles. The SMILES string of the molecule is COc1cccc(F)c1-c1ocnc1CN. The molecule has 1 heterocycles. The molecule has 0 atom stereocenters. The molecular formula is C11H11FN2O2. The number of methoxy groups -OCH3 is 1. The molecule has 0 radical (unpaired) electrons. The third kappa shape index (κ3) is 1.65. The minimum absolute atomic E-state index is 0.184. The summed E-state index contributed by atoms with van der Waals surface area (Å²) in [6.45, 7) is 0.184. The first-order chi connectivity index (χ1) is 7.77. The van der Waals surface area contributed by atoms with Crippen LogP contribution in [-0.2, 0) is 6.54 Å². The largest absolute Gasteiger partial charge is 0.496 e. The van der Waals surface area contributed by atoms with E-state index >= 15 is 0 Å². The molecule has 2 N–H and O–H groups in total. The van der Waals surface area contributed by atoms with Gasteiger partial charge in [0.05, 0.1) is 12.7 Å². The minimum atomic E-state index is -0.425. The predicted octanol–water partition coefficient (Wildman–Crippen LogP) is 1.95. The topological polar surface area (TPSA) is 61.3 Å². The Morgan fingerprint density at radius 3 is 3.00 bits per heavy atom. The van der Waals surface area contributed by atoms with Gasteiger partial charge in [-0.2, -0.15) is 0 Å². The quantitative estimate of drug-likeness (QED) is 0.862. The number of nitrogens with zero attached hydrogens (tertiary/aromatic N) is 1. The van der Waals surface area contributed by atoms with Crippen LogP contribution in [0.15, 0.2) is 29.0 Å². The third-order valence-electron chi connectivity index (χ3n) is 2.26. The molecule has 0 saturated carbocycles. The van der Waals surface area contributed by atoms with E-state index in [2.05, 4.69) is 4.98 Å². The van der Waals surface area contributed by atoms with Crippen molar-refractivity contribution in [3.63, 3.8) is 0 Å². The average molecular weight is 222 g/mol. The number of hydrogen-bond acceptors (Lipinski definition) is 4. The van der Waals surface area contributed by atoms with E-state index in [1.165, 1.54) is 19.6 Å². The summed E-state index contributed by atoms with van der Waals surface area (Å²) in [6, 6.07) is 4.55. The fraction of sp³-hybridized carbons (Fsp3) is 0.182. The Morgan fingerprint density at radius 2 is 2.31 bits per heavy atom. The molecule has 0 fully saturated rings. The van der Waals surface area contributed by atoms with Crippen molar-refractivity contribution in [1.82, 2.24) is 4.98 Å². The highest BCUT2D eigenvalue weighted by atomic mass is 19.1. The molecule has 0 amide bonds. The molecule has 4 nitrogen and oxygen atoms in total. The number of ether oxygens (including phenoxy) is 1. The Balaban J connectivity index is 2.63. The van der Waals surface area contributed by atoms with E-state index in [0.717, 1.165) is 0 Å². The molecule has 0 unspecified atom stereocenters. The van der Waals surface area contributed by atoms with Crippen LogP contribution in [0.2, 0.25) is 0 Å². The molecule has 5 heteroatoms. The van der Waals surface area contributed by atoms with Gasteiger partial charge in [-0.1, -0.05) is 6.07 Å². The zero-order chi connectivity index (χ0) is 11.5. The van der Waals surface area contributed by atoms with Gasteiger partial charge in [0.2, 0.25) is 0 Å². The lowest BCUT2D eigenvalue weighted by Crippen LogP contribution is -2.00. The zero-order valence-corrected chi connectivity index (χ0v) is 8.74. The summed E-state index contributed by atoms with van der Waals surface area (Å²) in [4.78, 5) is 3.91. The lowest BCUT2D eigenvalue weighted by atomic mass is 10.1. The van der Waals surface area contributed by atoms with Gasteiger partial charge in [-0.25, -0.2) is 9.37 Å². The van der Waals surface area contributed by atoms with Crippen molar-refractivity contribution in [3.8, 4) is 17.1 Å². The summed E-state index contributed by atoms with van der Waals surface area (Å²) in [6.07, 6.45) is 1.24. The minimum Gasteiger partial charge on any atom is -0.496 e. The third-order valence-corrected chi connectivity index (χ3v) is 2.26. The first-order valence-electron chi connectivity index (χ1n) is 4.73. The lowest BCUT2D eigenvalue weighted by Gasteiger charge is -2.07. The monoisotopic (exact) mass is 222 g/mol. The second kappa shape index (κ2) is 4.32. The van der Waals surface area contributed by atoms with E-state index in [-0.39, 0.29) is 12.1 Å². The van der Waals surface area contributed by atoms with Gasteiger partial charge in [0.25, 0.3) is 0 Å². The Morgan fingerprint density at radius 1 is 1.50 bits per heavy atom. The normalized spacial score (nSPS) is 10.4. The van der Waals surface area contributed by atoms with Crippen LogP contribution in [0.5, 0.6) is 5.75 Å². The maximum atomic E-state index is 13.7. The molecule has 2 rings (SSSR count). The van der Waals surface area contributed by atoms with E-state index < -0.39 is 5.82 Å². The summed E-state index contributed by atoms with van der Waals surface area (Å²) in [5.74, 6) is 0.287.